The molecule has 0 fully saturated rings. The molecule has 2 aromatic rings. The zero-order valence-corrected chi connectivity index (χ0v) is 11.1. The number of Topliss-reactive ketones (excluding diaryl/α,β-unsaturated/α-hetero) is 1. The van der Waals surface area contributed by atoms with Crippen LogP contribution in [0.5, 0.6) is 5.75 Å². The predicted molar refractivity (Wildman–Crippen MR) is 73.3 cm³/mol. The number of nitrogens with zero attached hydrogens (tertiary/aromatic N) is 2. The molecule has 1 aromatic heterocycles. The third kappa shape index (κ3) is 3.20. The summed E-state index contributed by atoms with van der Waals surface area (Å²) in [4.78, 5) is 12.2. The normalized spacial score (nSPS) is 10.7. The molecule has 0 aliphatic heterocycles. The quantitative estimate of drug-likeness (QED) is 0.296. The lowest BCUT2D eigenvalue weighted by atomic mass is 10.1. The van der Waals surface area contributed by atoms with Gasteiger partial charge in [-0.15, -0.1) is 0 Å². The molecule has 0 aliphatic rings. The van der Waals surface area contributed by atoms with Crippen LogP contribution < -0.4 is 9.30 Å². The number of methoxy groups -OCH3 is 1. The van der Waals surface area contributed by atoms with E-state index in [2.05, 4.69) is 5.16 Å². The average Bonchev–Trinajstić information content (AvgIpc) is 2.49. The van der Waals surface area contributed by atoms with Crippen LogP contribution in [0.25, 0.3) is 0 Å². The summed E-state index contributed by atoms with van der Waals surface area (Å²) in [5.41, 5.74) is 1.26. The van der Waals surface area contributed by atoms with Gasteiger partial charge in [-0.3, -0.25) is 4.79 Å². The number of carbonyl (C=O) groups excluding carboxylic acids is 1. The maximum absolute atomic E-state index is 12.2. The van der Waals surface area contributed by atoms with Crippen molar-refractivity contribution in [3.63, 3.8) is 0 Å². The molecule has 1 N–H and O–H groups in total. The van der Waals surface area contributed by atoms with E-state index in [1.54, 1.807) is 48.2 Å². The molecule has 0 saturated heterocycles. The number of oxime groups is 1. The maximum atomic E-state index is 12.2. The summed E-state index contributed by atoms with van der Waals surface area (Å²) < 4.78 is 6.77. The number of aromatic nitrogens is 1. The lowest BCUT2D eigenvalue weighted by Crippen LogP contribution is -2.41. The van der Waals surface area contributed by atoms with E-state index in [0.717, 1.165) is 0 Å². The molecule has 1 heterocycles. The molecule has 2 rings (SSSR count). The van der Waals surface area contributed by atoms with E-state index in [4.69, 9.17) is 9.94 Å². The van der Waals surface area contributed by atoms with Crippen LogP contribution in [-0.4, -0.2) is 24.3 Å². The van der Waals surface area contributed by atoms with Crippen LogP contribution in [0.3, 0.4) is 0 Å². The van der Waals surface area contributed by atoms with Crippen molar-refractivity contribution < 1.29 is 19.3 Å². The number of hydrogen-bond acceptors (Lipinski definition) is 4. The molecule has 0 radical (unpaired) electrons. The molecule has 5 heteroatoms. The van der Waals surface area contributed by atoms with Gasteiger partial charge in [0.25, 0.3) is 0 Å². The number of pyridine rings is 1. The molecular weight excluding hydrogens is 256 g/mol. The molecule has 0 bridgehead atoms. The highest BCUT2D eigenvalue weighted by molar-refractivity contribution is 5.95. The molecule has 5 nitrogen and oxygen atoms in total. The first-order valence-corrected chi connectivity index (χ1v) is 6.07. The van der Waals surface area contributed by atoms with Crippen molar-refractivity contribution in [2.75, 3.05) is 7.11 Å². The molecule has 1 aromatic carbocycles. The van der Waals surface area contributed by atoms with Crippen LogP contribution in [0.4, 0.5) is 0 Å². The van der Waals surface area contributed by atoms with Crippen molar-refractivity contribution in [3.8, 4) is 5.75 Å². The van der Waals surface area contributed by atoms with Gasteiger partial charge in [0, 0.05) is 17.7 Å². The van der Waals surface area contributed by atoms with Gasteiger partial charge in [-0.05, 0) is 30.3 Å². The second-order valence-corrected chi connectivity index (χ2v) is 4.15. The van der Waals surface area contributed by atoms with Gasteiger partial charge in [-0.25, -0.2) is 0 Å². The first-order valence-electron chi connectivity index (χ1n) is 6.07. The zero-order valence-electron chi connectivity index (χ0n) is 11.1. The average molecular weight is 271 g/mol. The van der Waals surface area contributed by atoms with Crippen molar-refractivity contribution in [2.24, 2.45) is 5.16 Å². The SMILES string of the molecule is COc1ccc(C(=O)C[n+]2ccccc2/C=N\O)cc1. The highest BCUT2D eigenvalue weighted by Gasteiger charge is 2.15. The molecule has 0 aliphatic carbocycles. The van der Waals surface area contributed by atoms with Crippen LogP contribution >= 0.6 is 0 Å². The minimum atomic E-state index is -0.0311. The Hall–Kier alpha value is -2.69. The van der Waals surface area contributed by atoms with E-state index in [1.807, 2.05) is 12.1 Å². The van der Waals surface area contributed by atoms with Crippen molar-refractivity contribution in [1.29, 1.82) is 0 Å². The third-order valence-corrected chi connectivity index (χ3v) is 2.89. The summed E-state index contributed by atoms with van der Waals surface area (Å²) in [5.74, 6) is 0.679. The number of benzene rings is 1. The van der Waals surface area contributed by atoms with Gasteiger partial charge in [0.1, 0.15) is 12.0 Å². The Bertz CT molecular complexity index is 621. The fourth-order valence-electron chi connectivity index (χ4n) is 1.83. The van der Waals surface area contributed by atoms with Crippen molar-refractivity contribution in [2.45, 2.75) is 6.54 Å². The Balaban J connectivity index is 2.18. The second-order valence-electron chi connectivity index (χ2n) is 4.15. The highest BCUT2D eigenvalue weighted by atomic mass is 16.5. The largest absolute Gasteiger partial charge is 0.497 e. The Kier molecular flexibility index (Phi) is 4.44. The summed E-state index contributed by atoms with van der Waals surface area (Å²) in [7, 11) is 1.58. The van der Waals surface area contributed by atoms with E-state index >= 15 is 0 Å². The topological polar surface area (TPSA) is 62.8 Å². The molecule has 0 atom stereocenters. The number of rotatable bonds is 5. The molecule has 0 saturated carbocycles. The van der Waals surface area contributed by atoms with E-state index in [9.17, 15) is 4.79 Å². The first kappa shape index (κ1) is 13.7. The standard InChI is InChI=1S/C15H14N2O3/c1-20-14-7-5-12(6-8-14)15(18)11-17-9-3-2-4-13(17)10-16-19/h2-10H,11H2,1H3/p+1. The van der Waals surface area contributed by atoms with Crippen LogP contribution in [0.2, 0.25) is 0 Å². The van der Waals surface area contributed by atoms with E-state index in [-0.39, 0.29) is 12.3 Å². The smallest absolute Gasteiger partial charge is 0.227 e. The molecule has 0 unspecified atom stereocenters. The van der Waals surface area contributed by atoms with Gasteiger partial charge in [0.15, 0.2) is 6.20 Å². The van der Waals surface area contributed by atoms with Crippen LogP contribution in [-0.2, 0) is 6.54 Å². The Morgan fingerprint density at radius 2 is 2.05 bits per heavy atom. The molecule has 102 valence electrons. The third-order valence-electron chi connectivity index (χ3n) is 2.89. The summed E-state index contributed by atoms with van der Waals surface area (Å²) in [6, 6.07) is 12.3. The van der Waals surface area contributed by atoms with Crippen LogP contribution in [0.15, 0.2) is 53.8 Å². The number of hydrogen-bond donors (Lipinski definition) is 1. The summed E-state index contributed by atoms with van der Waals surface area (Å²) >= 11 is 0. The number of ether oxygens (including phenoxy) is 1. The van der Waals surface area contributed by atoms with Crippen LogP contribution in [0.1, 0.15) is 16.1 Å². The van der Waals surface area contributed by atoms with Crippen LogP contribution in [0, 0.1) is 0 Å². The Morgan fingerprint density at radius 3 is 2.70 bits per heavy atom. The Labute approximate surface area is 116 Å². The Morgan fingerprint density at radius 1 is 1.30 bits per heavy atom. The monoisotopic (exact) mass is 271 g/mol. The minimum absolute atomic E-state index is 0.0311. The number of ketones is 1. The molecule has 20 heavy (non-hydrogen) atoms. The van der Waals surface area contributed by atoms with Crippen molar-refractivity contribution >= 4 is 12.0 Å². The fourth-order valence-corrected chi connectivity index (χ4v) is 1.83. The molecule has 0 spiro atoms. The summed E-state index contributed by atoms with van der Waals surface area (Å²) in [5, 5.41) is 11.6. The van der Waals surface area contributed by atoms with E-state index in [1.165, 1.54) is 6.21 Å². The van der Waals surface area contributed by atoms with Gasteiger partial charge < -0.3 is 9.94 Å². The summed E-state index contributed by atoms with van der Waals surface area (Å²) in [6.45, 7) is 0.175. The zero-order chi connectivity index (χ0) is 14.4. The lowest BCUT2D eigenvalue weighted by Gasteiger charge is -2.02. The first-order chi connectivity index (χ1) is 9.74. The van der Waals surface area contributed by atoms with Gasteiger partial charge >= 0.3 is 0 Å². The van der Waals surface area contributed by atoms with Gasteiger partial charge in [-0.1, -0.05) is 5.16 Å². The fraction of sp³-hybridized carbons (Fsp3) is 0.133. The second kappa shape index (κ2) is 6.47. The molecule has 0 amide bonds. The highest BCUT2D eigenvalue weighted by Crippen LogP contribution is 2.11. The van der Waals surface area contributed by atoms with Crippen molar-refractivity contribution in [3.05, 3.63) is 59.9 Å². The molecular formula is C15H15N2O3+. The van der Waals surface area contributed by atoms with Gasteiger partial charge in [0.05, 0.1) is 7.11 Å². The summed E-state index contributed by atoms with van der Waals surface area (Å²) in [6.07, 6.45) is 3.06. The van der Waals surface area contributed by atoms with E-state index in [0.29, 0.717) is 17.0 Å². The minimum Gasteiger partial charge on any atom is -0.497 e. The number of carbonyl (C=O) groups is 1. The van der Waals surface area contributed by atoms with Gasteiger partial charge in [0.2, 0.25) is 18.0 Å². The lowest BCUT2D eigenvalue weighted by molar-refractivity contribution is -0.684. The predicted octanol–water partition coefficient (Wildman–Crippen LogP) is 1.67. The van der Waals surface area contributed by atoms with E-state index < -0.39 is 0 Å². The maximum Gasteiger partial charge on any atom is 0.227 e. The van der Waals surface area contributed by atoms with Gasteiger partial charge in [-0.2, -0.15) is 4.57 Å². The van der Waals surface area contributed by atoms with Crippen molar-refractivity contribution in [1.82, 2.24) is 0 Å².